The van der Waals surface area contributed by atoms with Gasteiger partial charge in [-0.05, 0) is 24.6 Å². The third kappa shape index (κ3) is 3.65. The van der Waals surface area contributed by atoms with Gasteiger partial charge in [-0.3, -0.25) is 0 Å². The van der Waals surface area contributed by atoms with Crippen molar-refractivity contribution in [1.82, 2.24) is 0 Å². The van der Waals surface area contributed by atoms with Gasteiger partial charge in [0.25, 0.3) is 0 Å². The van der Waals surface area contributed by atoms with Crippen LogP contribution in [0.1, 0.15) is 35.7 Å². The highest BCUT2D eigenvalue weighted by Crippen LogP contribution is 2.33. The van der Waals surface area contributed by atoms with E-state index in [9.17, 15) is 18.0 Å². The van der Waals surface area contributed by atoms with E-state index < -0.39 is 23.3 Å². The molecule has 6 heteroatoms. The number of nitrogens with one attached hydrogen (secondary N) is 1. The summed E-state index contributed by atoms with van der Waals surface area (Å²) >= 11 is 0. The smallest absolute Gasteiger partial charge is 0.417 e. The predicted molar refractivity (Wildman–Crippen MR) is 61.8 cm³/mol. The van der Waals surface area contributed by atoms with Crippen LogP contribution in [0.25, 0.3) is 0 Å². The van der Waals surface area contributed by atoms with E-state index in [-0.39, 0.29) is 0 Å². The molecule has 0 atom stereocenters. The van der Waals surface area contributed by atoms with Crippen LogP contribution < -0.4 is 5.32 Å². The fraction of sp³-hybridized carbons (Fsp3) is 0.417. The highest BCUT2D eigenvalue weighted by Gasteiger charge is 2.35. The molecule has 1 aromatic rings. The molecule has 1 aromatic carbocycles. The number of hydrogen-bond donors (Lipinski definition) is 2. The van der Waals surface area contributed by atoms with Gasteiger partial charge in [-0.15, -0.1) is 0 Å². The molecule has 0 radical (unpaired) electrons. The maximum absolute atomic E-state index is 12.6. The molecule has 3 nitrogen and oxygen atoms in total. The van der Waals surface area contributed by atoms with Gasteiger partial charge in [0.2, 0.25) is 0 Å². The zero-order chi connectivity index (χ0) is 13.8. The van der Waals surface area contributed by atoms with Crippen LogP contribution in [-0.4, -0.2) is 17.6 Å². The van der Waals surface area contributed by atoms with E-state index in [4.69, 9.17) is 5.11 Å². The average molecular weight is 261 g/mol. The van der Waals surface area contributed by atoms with Crippen molar-refractivity contribution >= 4 is 11.7 Å². The molecule has 0 amide bonds. The van der Waals surface area contributed by atoms with E-state index in [0.717, 1.165) is 25.0 Å². The van der Waals surface area contributed by atoms with Crippen molar-refractivity contribution in [1.29, 1.82) is 0 Å². The molecule has 1 rings (SSSR count). The molecule has 0 aliphatic rings. The van der Waals surface area contributed by atoms with Crippen molar-refractivity contribution in [2.24, 2.45) is 0 Å². The molecule has 0 saturated carbocycles. The maximum Gasteiger partial charge on any atom is 0.417 e. The van der Waals surface area contributed by atoms with Crippen LogP contribution in [0.2, 0.25) is 0 Å². The number of benzene rings is 1. The van der Waals surface area contributed by atoms with Gasteiger partial charge in [0.05, 0.1) is 11.1 Å². The van der Waals surface area contributed by atoms with Crippen molar-refractivity contribution in [3.05, 3.63) is 29.3 Å². The summed E-state index contributed by atoms with van der Waals surface area (Å²) in [6, 6.07) is 3.05. The van der Waals surface area contributed by atoms with Crippen LogP contribution in [0.4, 0.5) is 18.9 Å². The Hall–Kier alpha value is -1.72. The number of carbonyl (C=O) groups is 1. The normalized spacial score (nSPS) is 11.3. The molecular weight excluding hydrogens is 247 g/mol. The Morgan fingerprint density at radius 3 is 2.56 bits per heavy atom. The Morgan fingerprint density at radius 1 is 1.39 bits per heavy atom. The van der Waals surface area contributed by atoms with Crippen LogP contribution in [0, 0.1) is 0 Å². The zero-order valence-electron chi connectivity index (χ0n) is 9.84. The summed E-state index contributed by atoms with van der Waals surface area (Å²) in [5.74, 6) is -1.58. The predicted octanol–water partition coefficient (Wildman–Crippen LogP) is 3.62. The second kappa shape index (κ2) is 5.75. The Balaban J connectivity index is 3.01. The van der Waals surface area contributed by atoms with Crippen molar-refractivity contribution in [2.45, 2.75) is 25.9 Å². The minimum Gasteiger partial charge on any atom is -0.478 e. The van der Waals surface area contributed by atoms with Crippen LogP contribution in [0.5, 0.6) is 0 Å². The van der Waals surface area contributed by atoms with Crippen molar-refractivity contribution < 1.29 is 23.1 Å². The number of unbranched alkanes of at least 4 members (excludes halogenated alkanes) is 1. The molecule has 0 saturated heterocycles. The summed E-state index contributed by atoms with van der Waals surface area (Å²) in [6.07, 6.45) is -2.85. The van der Waals surface area contributed by atoms with E-state index in [0.29, 0.717) is 12.2 Å². The number of carboxylic acid groups (broad SMARTS) is 1. The molecule has 0 unspecified atom stereocenters. The molecule has 0 aromatic heterocycles. The van der Waals surface area contributed by atoms with Crippen LogP contribution in [-0.2, 0) is 6.18 Å². The fourth-order valence-corrected chi connectivity index (χ4v) is 1.49. The monoisotopic (exact) mass is 261 g/mol. The molecule has 18 heavy (non-hydrogen) atoms. The molecule has 0 aliphatic carbocycles. The highest BCUT2D eigenvalue weighted by atomic mass is 19.4. The first-order chi connectivity index (χ1) is 8.36. The summed E-state index contributed by atoms with van der Waals surface area (Å²) in [4.78, 5) is 10.8. The van der Waals surface area contributed by atoms with E-state index in [2.05, 4.69) is 5.32 Å². The second-order valence-electron chi connectivity index (χ2n) is 3.84. The topological polar surface area (TPSA) is 49.3 Å². The summed E-state index contributed by atoms with van der Waals surface area (Å²) in [7, 11) is 0. The van der Waals surface area contributed by atoms with Gasteiger partial charge in [0.1, 0.15) is 0 Å². The zero-order valence-corrected chi connectivity index (χ0v) is 9.84. The summed E-state index contributed by atoms with van der Waals surface area (Å²) < 4.78 is 37.7. The van der Waals surface area contributed by atoms with Crippen LogP contribution in [0.3, 0.4) is 0 Å². The number of rotatable bonds is 5. The van der Waals surface area contributed by atoms with E-state index in [1.807, 2.05) is 6.92 Å². The fourth-order valence-electron chi connectivity index (χ4n) is 1.49. The van der Waals surface area contributed by atoms with Gasteiger partial charge in [-0.1, -0.05) is 13.3 Å². The first-order valence-electron chi connectivity index (χ1n) is 5.54. The first kappa shape index (κ1) is 14.3. The van der Waals surface area contributed by atoms with E-state index in [1.165, 1.54) is 6.07 Å². The SMILES string of the molecule is CCCCNc1ccc(C(F)(F)F)c(C(=O)O)c1. The highest BCUT2D eigenvalue weighted by molar-refractivity contribution is 5.91. The molecule has 0 spiro atoms. The molecule has 2 N–H and O–H groups in total. The molecule has 0 bridgehead atoms. The van der Waals surface area contributed by atoms with E-state index in [1.54, 1.807) is 0 Å². The molecular formula is C12H14F3NO2. The lowest BCUT2D eigenvalue weighted by atomic mass is 10.1. The van der Waals surface area contributed by atoms with Gasteiger partial charge >= 0.3 is 12.1 Å². The minimum absolute atomic E-state index is 0.383. The number of anilines is 1. The minimum atomic E-state index is -4.66. The standard InChI is InChI=1S/C12H14F3NO2/c1-2-3-6-16-8-4-5-10(12(13,14)15)9(7-8)11(17)18/h4-5,7,16H,2-3,6H2,1H3,(H,17,18). The summed E-state index contributed by atoms with van der Waals surface area (Å²) in [6.45, 7) is 2.58. The lowest BCUT2D eigenvalue weighted by Gasteiger charge is -2.12. The van der Waals surface area contributed by atoms with Crippen LogP contribution >= 0.6 is 0 Å². The van der Waals surface area contributed by atoms with E-state index >= 15 is 0 Å². The van der Waals surface area contributed by atoms with Gasteiger partial charge in [-0.2, -0.15) is 13.2 Å². The maximum atomic E-state index is 12.6. The van der Waals surface area contributed by atoms with Crippen LogP contribution in [0.15, 0.2) is 18.2 Å². The van der Waals surface area contributed by atoms with Gasteiger partial charge in [0.15, 0.2) is 0 Å². The average Bonchev–Trinajstić information content (AvgIpc) is 2.27. The molecule has 0 aliphatic heterocycles. The number of hydrogen-bond acceptors (Lipinski definition) is 2. The van der Waals surface area contributed by atoms with Crippen molar-refractivity contribution in [3.8, 4) is 0 Å². The van der Waals surface area contributed by atoms with Gasteiger partial charge in [-0.25, -0.2) is 4.79 Å². The van der Waals surface area contributed by atoms with Crippen molar-refractivity contribution in [2.75, 3.05) is 11.9 Å². The largest absolute Gasteiger partial charge is 0.478 e. The number of halogens is 3. The van der Waals surface area contributed by atoms with Gasteiger partial charge in [0, 0.05) is 12.2 Å². The Bertz CT molecular complexity index is 430. The lowest BCUT2D eigenvalue weighted by Crippen LogP contribution is -2.13. The number of alkyl halides is 3. The third-order valence-electron chi connectivity index (χ3n) is 2.41. The Labute approximate surface area is 103 Å². The molecule has 100 valence electrons. The summed E-state index contributed by atoms with van der Waals surface area (Å²) in [5.41, 5.74) is -1.48. The quantitative estimate of drug-likeness (QED) is 0.796. The van der Waals surface area contributed by atoms with Gasteiger partial charge < -0.3 is 10.4 Å². The first-order valence-corrected chi connectivity index (χ1v) is 5.54. The third-order valence-corrected chi connectivity index (χ3v) is 2.41. The number of carboxylic acids is 1. The number of aromatic carboxylic acids is 1. The molecule has 0 fully saturated rings. The lowest BCUT2D eigenvalue weighted by molar-refractivity contribution is -0.138. The van der Waals surface area contributed by atoms with Crippen molar-refractivity contribution in [3.63, 3.8) is 0 Å². The molecule has 0 heterocycles. The Kier molecular flexibility index (Phi) is 4.58. The summed E-state index contributed by atoms with van der Waals surface area (Å²) in [5, 5.41) is 11.7. The second-order valence-corrected chi connectivity index (χ2v) is 3.84. The Morgan fingerprint density at radius 2 is 2.06 bits per heavy atom.